The number of ketones is 1. The van der Waals surface area contributed by atoms with E-state index in [-0.39, 0.29) is 35.5 Å². The molecular formula is C40H56N6O6. The van der Waals surface area contributed by atoms with E-state index in [0.29, 0.717) is 25.1 Å². The summed E-state index contributed by atoms with van der Waals surface area (Å²) in [6.45, 7) is 12.5. The van der Waals surface area contributed by atoms with Crippen LogP contribution in [0.15, 0.2) is 60.7 Å². The van der Waals surface area contributed by atoms with Crippen molar-refractivity contribution in [2.24, 2.45) is 22.7 Å². The number of Topliss-reactive ketones (excluding diaryl/α,β-unsaturated/α-hetero) is 1. The fraction of sp³-hybridized carbons (Fsp3) is 0.550. The fourth-order valence-corrected chi connectivity index (χ4v) is 7.37. The minimum Gasteiger partial charge on any atom is -0.347 e. The van der Waals surface area contributed by atoms with E-state index in [0.717, 1.165) is 12.0 Å². The van der Waals surface area contributed by atoms with Crippen LogP contribution >= 0.6 is 0 Å². The lowest BCUT2D eigenvalue weighted by Gasteiger charge is -2.38. The average molecular weight is 717 g/mol. The summed E-state index contributed by atoms with van der Waals surface area (Å²) in [7, 11) is 3.15. The molecule has 2 aliphatic rings. The Morgan fingerprint density at radius 1 is 0.923 bits per heavy atom. The zero-order valence-corrected chi connectivity index (χ0v) is 31.8. The van der Waals surface area contributed by atoms with Crippen molar-refractivity contribution in [2.75, 3.05) is 33.7 Å². The van der Waals surface area contributed by atoms with Gasteiger partial charge in [-0.3, -0.25) is 28.8 Å². The van der Waals surface area contributed by atoms with Crippen LogP contribution in [0.5, 0.6) is 0 Å². The highest BCUT2D eigenvalue weighted by atomic mass is 16.2. The molecule has 2 fully saturated rings. The van der Waals surface area contributed by atoms with Crippen LogP contribution in [0.3, 0.4) is 0 Å². The van der Waals surface area contributed by atoms with Crippen molar-refractivity contribution in [3.05, 3.63) is 71.8 Å². The number of hydrogen-bond acceptors (Lipinski definition) is 7. The molecule has 0 bridgehead atoms. The quantitative estimate of drug-likeness (QED) is 0.195. The lowest BCUT2D eigenvalue weighted by atomic mass is 9.85. The molecule has 6 atom stereocenters. The summed E-state index contributed by atoms with van der Waals surface area (Å²) in [6, 6.07) is 15.3. The van der Waals surface area contributed by atoms with E-state index in [1.165, 1.54) is 4.90 Å². The Hall–Kier alpha value is -4.58. The van der Waals surface area contributed by atoms with E-state index < -0.39 is 59.6 Å². The first-order valence-corrected chi connectivity index (χ1v) is 18.2. The Morgan fingerprint density at radius 3 is 2.12 bits per heavy atom. The number of fused-ring (bicyclic) bond motifs is 1. The van der Waals surface area contributed by atoms with Crippen molar-refractivity contribution >= 4 is 35.3 Å². The highest BCUT2D eigenvalue weighted by Gasteiger charge is 2.69. The zero-order chi connectivity index (χ0) is 38.4. The second kappa shape index (κ2) is 16.8. The molecule has 52 heavy (non-hydrogen) atoms. The molecule has 1 heterocycles. The predicted octanol–water partition coefficient (Wildman–Crippen LogP) is 2.63. The van der Waals surface area contributed by atoms with Gasteiger partial charge in [-0.05, 0) is 53.2 Å². The number of piperidine rings is 1. The first kappa shape index (κ1) is 40.2. The van der Waals surface area contributed by atoms with Crippen molar-refractivity contribution in [3.8, 4) is 0 Å². The number of benzene rings is 2. The normalized spacial score (nSPS) is 20.5. The van der Waals surface area contributed by atoms with Gasteiger partial charge in [-0.1, -0.05) is 109 Å². The molecule has 12 nitrogen and oxygen atoms in total. The Kier molecular flexibility index (Phi) is 13.0. The molecule has 12 heteroatoms. The van der Waals surface area contributed by atoms with E-state index in [9.17, 15) is 28.8 Å². The van der Waals surface area contributed by atoms with Crippen LogP contribution in [-0.4, -0.2) is 97.0 Å². The molecule has 1 saturated carbocycles. The lowest BCUT2D eigenvalue weighted by molar-refractivity contribution is -0.145. The molecule has 1 aliphatic carbocycles. The molecular weight excluding hydrogens is 660 g/mol. The summed E-state index contributed by atoms with van der Waals surface area (Å²) in [4.78, 5) is 83.6. The number of amides is 5. The number of carbonyl (C=O) groups excluding carboxylic acids is 6. The molecule has 1 saturated heterocycles. The summed E-state index contributed by atoms with van der Waals surface area (Å²) < 4.78 is 0. The maximum Gasteiger partial charge on any atom is 0.290 e. The molecule has 4 N–H and O–H groups in total. The predicted molar refractivity (Wildman–Crippen MR) is 199 cm³/mol. The molecule has 282 valence electrons. The van der Waals surface area contributed by atoms with E-state index >= 15 is 0 Å². The van der Waals surface area contributed by atoms with Gasteiger partial charge in [-0.2, -0.15) is 0 Å². The average Bonchev–Trinajstić information content (AvgIpc) is 3.40. The smallest absolute Gasteiger partial charge is 0.290 e. The number of likely N-dealkylation sites (N-methyl/N-ethyl adjacent to an activating group) is 1. The Morgan fingerprint density at radius 2 is 1.54 bits per heavy atom. The second-order valence-corrected chi connectivity index (χ2v) is 15.9. The van der Waals surface area contributed by atoms with Crippen LogP contribution in [0.25, 0.3) is 0 Å². The Balaban J connectivity index is 1.42. The molecule has 4 rings (SSSR count). The second-order valence-electron chi connectivity index (χ2n) is 15.9. The first-order valence-electron chi connectivity index (χ1n) is 18.2. The Bertz CT molecular complexity index is 1610. The molecule has 5 amide bonds. The Labute approximate surface area is 307 Å². The van der Waals surface area contributed by atoms with Gasteiger partial charge in [0.15, 0.2) is 0 Å². The van der Waals surface area contributed by atoms with Crippen LogP contribution in [0, 0.1) is 22.7 Å². The third-order valence-corrected chi connectivity index (χ3v) is 10.4. The standard InChI is InChI=1S/C40H56N6O6/c1-9-16-28(33(48)36(50)42-23-29(47)44-31(37(51)45(7)8)26-19-14-11-15-20-26)43-35(49)32-30-27(40(30,5)6)24-46(32)38(52)34(39(2,3)4)41-22-21-25-17-12-10-13-18-25/h10-15,17-20,27-28,30-32,34,41H,9,16,21-24H2,1-8H3,(H,42,50)(H,43,49)(H,44,47)/t27?,28?,30-,31-,32-,34?/m0/s1. The zero-order valence-electron chi connectivity index (χ0n) is 31.8. The molecule has 3 unspecified atom stereocenters. The molecule has 0 radical (unpaired) electrons. The molecule has 2 aromatic carbocycles. The highest BCUT2D eigenvalue weighted by Crippen LogP contribution is 2.65. The maximum absolute atomic E-state index is 14.3. The van der Waals surface area contributed by atoms with Crippen molar-refractivity contribution in [1.29, 1.82) is 0 Å². The molecule has 0 aromatic heterocycles. The van der Waals surface area contributed by atoms with Gasteiger partial charge < -0.3 is 31.1 Å². The van der Waals surface area contributed by atoms with Crippen molar-refractivity contribution in [2.45, 2.75) is 85.0 Å². The van der Waals surface area contributed by atoms with E-state index in [1.807, 2.05) is 58.0 Å². The fourth-order valence-electron chi connectivity index (χ4n) is 7.37. The lowest BCUT2D eigenvalue weighted by Crippen LogP contribution is -2.60. The third kappa shape index (κ3) is 9.44. The minimum atomic E-state index is -1.15. The van der Waals surface area contributed by atoms with E-state index in [1.54, 1.807) is 49.3 Å². The summed E-state index contributed by atoms with van der Waals surface area (Å²) >= 11 is 0. The topological polar surface area (TPSA) is 157 Å². The summed E-state index contributed by atoms with van der Waals surface area (Å²) in [5, 5.41) is 11.3. The molecule has 0 spiro atoms. The van der Waals surface area contributed by atoms with Crippen LogP contribution in [0.2, 0.25) is 0 Å². The summed E-state index contributed by atoms with van der Waals surface area (Å²) in [5.41, 5.74) is 1.13. The minimum absolute atomic E-state index is 0.0845. The van der Waals surface area contributed by atoms with Gasteiger partial charge in [0.1, 0.15) is 12.1 Å². The van der Waals surface area contributed by atoms with Gasteiger partial charge in [-0.25, -0.2) is 0 Å². The summed E-state index contributed by atoms with van der Waals surface area (Å²) in [5.74, 6) is -3.50. The van der Waals surface area contributed by atoms with Gasteiger partial charge in [-0.15, -0.1) is 0 Å². The number of nitrogens with one attached hydrogen (secondary N) is 4. The third-order valence-electron chi connectivity index (χ3n) is 10.4. The first-order chi connectivity index (χ1) is 24.5. The molecule has 2 aromatic rings. The van der Waals surface area contributed by atoms with Gasteiger partial charge in [0, 0.05) is 20.6 Å². The van der Waals surface area contributed by atoms with Gasteiger partial charge in [0.05, 0.1) is 18.6 Å². The monoisotopic (exact) mass is 716 g/mol. The number of hydrogen-bond donors (Lipinski definition) is 4. The van der Waals surface area contributed by atoms with Gasteiger partial charge >= 0.3 is 0 Å². The van der Waals surface area contributed by atoms with Crippen molar-refractivity contribution in [3.63, 3.8) is 0 Å². The number of likely N-dealkylation sites (tertiary alicyclic amines) is 1. The highest BCUT2D eigenvalue weighted by molar-refractivity contribution is 6.38. The number of nitrogens with zero attached hydrogens (tertiary/aromatic N) is 2. The maximum atomic E-state index is 14.3. The van der Waals surface area contributed by atoms with Gasteiger partial charge in [0.25, 0.3) is 5.91 Å². The van der Waals surface area contributed by atoms with Crippen LogP contribution in [-0.2, 0) is 35.2 Å². The van der Waals surface area contributed by atoms with Crippen LogP contribution < -0.4 is 21.3 Å². The largest absolute Gasteiger partial charge is 0.347 e. The van der Waals surface area contributed by atoms with Crippen molar-refractivity contribution < 1.29 is 28.8 Å². The number of carbonyl (C=O) groups is 6. The van der Waals surface area contributed by atoms with Crippen molar-refractivity contribution in [1.82, 2.24) is 31.1 Å². The number of rotatable bonds is 16. The van der Waals surface area contributed by atoms with Gasteiger partial charge in [0.2, 0.25) is 29.4 Å². The SMILES string of the molecule is CCCC(NC(=O)[C@@H]1[C@@H]2C(CN1C(=O)C(NCCc1ccccc1)C(C)(C)C)C2(C)C)C(=O)C(=O)NCC(=O)N[C@H](C(=O)N(C)C)c1ccccc1. The summed E-state index contributed by atoms with van der Waals surface area (Å²) in [6.07, 6.45) is 1.44. The van der Waals surface area contributed by atoms with Crippen LogP contribution in [0.1, 0.15) is 71.6 Å². The van der Waals surface area contributed by atoms with E-state index in [2.05, 4.69) is 35.1 Å². The van der Waals surface area contributed by atoms with Crippen LogP contribution in [0.4, 0.5) is 0 Å². The molecule has 1 aliphatic heterocycles. The van der Waals surface area contributed by atoms with E-state index in [4.69, 9.17) is 0 Å².